The van der Waals surface area contributed by atoms with Gasteiger partial charge in [0.1, 0.15) is 11.5 Å². The minimum absolute atomic E-state index is 0.208. The van der Waals surface area contributed by atoms with Gasteiger partial charge < -0.3 is 10.5 Å². The number of hydrogen-bond acceptors (Lipinski definition) is 3. The number of fused-ring (bicyclic) bond motifs is 1. The fourth-order valence-electron chi connectivity index (χ4n) is 2.27. The van der Waals surface area contributed by atoms with Gasteiger partial charge in [0.05, 0.1) is 12.3 Å². The van der Waals surface area contributed by atoms with Gasteiger partial charge in [0.25, 0.3) is 0 Å². The zero-order valence-electron chi connectivity index (χ0n) is 10.8. The van der Waals surface area contributed by atoms with Crippen LogP contribution in [-0.2, 0) is 4.74 Å². The quantitative estimate of drug-likeness (QED) is 0.885. The summed E-state index contributed by atoms with van der Waals surface area (Å²) in [7, 11) is 1.69. The number of hydrogen-bond donors (Lipinski definition) is 1. The largest absolute Gasteiger partial charge is 0.384 e. The van der Waals surface area contributed by atoms with Crippen LogP contribution in [0.5, 0.6) is 0 Å². The number of aromatic nitrogens is 2. The van der Waals surface area contributed by atoms with E-state index in [1.165, 1.54) is 5.56 Å². The van der Waals surface area contributed by atoms with Gasteiger partial charge in [-0.05, 0) is 31.5 Å². The smallest absolute Gasteiger partial charge is 0.139 e. The Morgan fingerprint density at radius 1 is 1.41 bits per heavy atom. The number of nitrogens with zero attached hydrogens (tertiary/aromatic N) is 2. The second kappa shape index (κ2) is 4.37. The third-order valence-corrected chi connectivity index (χ3v) is 3.00. The molecule has 1 atom stereocenters. The van der Waals surface area contributed by atoms with Crippen LogP contribution in [0, 0.1) is 13.8 Å². The molecule has 4 heteroatoms. The molecule has 0 saturated heterocycles. The standard InChI is InChI=1S/C13H19N3O/c1-8-5-10(3)16-11(6-8)15-12(13(16)14)9(2)7-17-4/h5-6,9H,7,14H2,1-4H3. The van der Waals surface area contributed by atoms with E-state index in [0.29, 0.717) is 6.61 Å². The summed E-state index contributed by atoms with van der Waals surface area (Å²) in [4.78, 5) is 4.61. The van der Waals surface area contributed by atoms with Crippen molar-refractivity contribution in [2.75, 3.05) is 19.5 Å². The highest BCUT2D eigenvalue weighted by molar-refractivity contribution is 5.56. The maximum absolute atomic E-state index is 6.17. The van der Waals surface area contributed by atoms with Crippen molar-refractivity contribution in [1.82, 2.24) is 9.38 Å². The molecule has 0 aliphatic rings. The monoisotopic (exact) mass is 233 g/mol. The van der Waals surface area contributed by atoms with Crippen LogP contribution in [0.2, 0.25) is 0 Å². The van der Waals surface area contributed by atoms with Gasteiger partial charge in [-0.15, -0.1) is 0 Å². The maximum atomic E-state index is 6.17. The summed E-state index contributed by atoms with van der Waals surface area (Å²) in [5.74, 6) is 0.932. The van der Waals surface area contributed by atoms with Crippen molar-refractivity contribution < 1.29 is 4.74 Å². The zero-order valence-corrected chi connectivity index (χ0v) is 10.8. The normalized spacial score (nSPS) is 13.2. The number of anilines is 1. The highest BCUT2D eigenvalue weighted by atomic mass is 16.5. The third kappa shape index (κ3) is 2.00. The molecule has 0 amide bonds. The lowest BCUT2D eigenvalue weighted by molar-refractivity contribution is 0.183. The summed E-state index contributed by atoms with van der Waals surface area (Å²) < 4.78 is 7.15. The SMILES string of the molecule is COCC(C)c1nc2cc(C)cc(C)n2c1N. The Morgan fingerprint density at radius 2 is 2.12 bits per heavy atom. The molecule has 0 spiro atoms. The van der Waals surface area contributed by atoms with Crippen molar-refractivity contribution in [3.05, 3.63) is 29.1 Å². The highest BCUT2D eigenvalue weighted by Crippen LogP contribution is 2.25. The van der Waals surface area contributed by atoms with Crippen molar-refractivity contribution in [2.45, 2.75) is 26.7 Å². The Labute approximate surface area is 101 Å². The number of imidazole rings is 1. The molecule has 1 unspecified atom stereocenters. The minimum Gasteiger partial charge on any atom is -0.384 e. The second-order valence-corrected chi connectivity index (χ2v) is 4.61. The lowest BCUT2D eigenvalue weighted by Gasteiger charge is -2.08. The van der Waals surface area contributed by atoms with Crippen LogP contribution < -0.4 is 5.73 Å². The zero-order chi connectivity index (χ0) is 12.6. The number of ether oxygens (including phenoxy) is 1. The first-order valence-electron chi connectivity index (χ1n) is 5.78. The molecule has 92 valence electrons. The fourth-order valence-corrected chi connectivity index (χ4v) is 2.27. The minimum atomic E-state index is 0.208. The summed E-state index contributed by atoms with van der Waals surface area (Å²) in [5.41, 5.74) is 10.3. The van der Waals surface area contributed by atoms with Gasteiger partial charge in [0, 0.05) is 18.7 Å². The van der Waals surface area contributed by atoms with E-state index < -0.39 is 0 Å². The van der Waals surface area contributed by atoms with E-state index in [4.69, 9.17) is 10.5 Å². The number of methoxy groups -OCH3 is 1. The van der Waals surface area contributed by atoms with E-state index in [2.05, 4.69) is 24.9 Å². The van der Waals surface area contributed by atoms with Crippen LogP contribution >= 0.6 is 0 Å². The predicted octanol–water partition coefficient (Wildman–Crippen LogP) is 2.28. The highest BCUT2D eigenvalue weighted by Gasteiger charge is 2.16. The van der Waals surface area contributed by atoms with Gasteiger partial charge in [-0.2, -0.15) is 0 Å². The van der Waals surface area contributed by atoms with Crippen LogP contribution in [0.15, 0.2) is 12.1 Å². The molecular formula is C13H19N3O. The lowest BCUT2D eigenvalue weighted by atomic mass is 10.1. The summed E-state index contributed by atoms with van der Waals surface area (Å²) in [6.45, 7) is 6.81. The Balaban J connectivity index is 2.60. The molecule has 2 aromatic heterocycles. The van der Waals surface area contributed by atoms with Crippen molar-refractivity contribution >= 4 is 11.5 Å². The average Bonchev–Trinajstić information content (AvgIpc) is 2.56. The van der Waals surface area contributed by atoms with Crippen molar-refractivity contribution in [3.8, 4) is 0 Å². The second-order valence-electron chi connectivity index (χ2n) is 4.61. The van der Waals surface area contributed by atoms with Crippen molar-refractivity contribution in [2.24, 2.45) is 0 Å². The van der Waals surface area contributed by atoms with Gasteiger partial charge in [-0.3, -0.25) is 4.40 Å². The summed E-state index contributed by atoms with van der Waals surface area (Å²) >= 11 is 0. The molecule has 0 radical (unpaired) electrons. The van der Waals surface area contributed by atoms with Gasteiger partial charge in [-0.1, -0.05) is 6.92 Å². The average molecular weight is 233 g/mol. The van der Waals surface area contributed by atoms with Crippen LogP contribution in [0.4, 0.5) is 5.82 Å². The fraction of sp³-hybridized carbons (Fsp3) is 0.462. The molecule has 0 aliphatic carbocycles. The van der Waals surface area contributed by atoms with Gasteiger partial charge >= 0.3 is 0 Å². The van der Waals surface area contributed by atoms with E-state index in [-0.39, 0.29) is 5.92 Å². The lowest BCUT2D eigenvalue weighted by Crippen LogP contribution is -2.06. The number of pyridine rings is 1. The first-order valence-corrected chi connectivity index (χ1v) is 5.78. The van der Waals surface area contributed by atoms with Gasteiger partial charge in [0.15, 0.2) is 0 Å². The molecule has 2 rings (SSSR count). The third-order valence-electron chi connectivity index (χ3n) is 3.00. The molecule has 2 N–H and O–H groups in total. The number of nitrogens with two attached hydrogens (primary N) is 1. The molecule has 0 bridgehead atoms. The summed E-state index contributed by atoms with van der Waals surface area (Å²) in [5, 5.41) is 0. The first-order chi connectivity index (χ1) is 8.04. The van der Waals surface area contributed by atoms with E-state index in [0.717, 1.165) is 22.9 Å². The number of rotatable bonds is 3. The van der Waals surface area contributed by atoms with E-state index in [1.54, 1.807) is 7.11 Å². The molecule has 2 heterocycles. The van der Waals surface area contributed by atoms with Gasteiger partial charge in [-0.25, -0.2) is 4.98 Å². The van der Waals surface area contributed by atoms with E-state index in [9.17, 15) is 0 Å². The topological polar surface area (TPSA) is 52.5 Å². The maximum Gasteiger partial charge on any atom is 0.139 e. The number of aryl methyl sites for hydroxylation is 2. The Kier molecular flexibility index (Phi) is 3.07. The molecular weight excluding hydrogens is 214 g/mol. The van der Waals surface area contributed by atoms with Gasteiger partial charge in [0.2, 0.25) is 0 Å². The molecule has 2 aromatic rings. The molecule has 17 heavy (non-hydrogen) atoms. The molecule has 4 nitrogen and oxygen atoms in total. The van der Waals surface area contributed by atoms with E-state index >= 15 is 0 Å². The van der Waals surface area contributed by atoms with Crippen LogP contribution in [0.1, 0.15) is 29.8 Å². The van der Waals surface area contributed by atoms with Crippen molar-refractivity contribution in [1.29, 1.82) is 0 Å². The summed E-state index contributed by atoms with van der Waals surface area (Å²) in [6.07, 6.45) is 0. The molecule has 0 aliphatic heterocycles. The Hall–Kier alpha value is -1.55. The number of nitrogen functional groups attached to an aromatic ring is 1. The molecule has 0 aromatic carbocycles. The Bertz CT molecular complexity index is 545. The van der Waals surface area contributed by atoms with Crippen LogP contribution in [0.3, 0.4) is 0 Å². The van der Waals surface area contributed by atoms with Crippen LogP contribution in [0.25, 0.3) is 5.65 Å². The predicted molar refractivity (Wildman–Crippen MR) is 69.4 cm³/mol. The Morgan fingerprint density at radius 3 is 2.76 bits per heavy atom. The summed E-state index contributed by atoms with van der Waals surface area (Å²) in [6, 6.07) is 4.15. The van der Waals surface area contributed by atoms with Crippen LogP contribution in [-0.4, -0.2) is 23.1 Å². The molecule has 0 fully saturated rings. The van der Waals surface area contributed by atoms with E-state index in [1.807, 2.05) is 17.4 Å². The first kappa shape index (κ1) is 11.9. The molecule has 0 saturated carbocycles. The van der Waals surface area contributed by atoms with Crippen molar-refractivity contribution in [3.63, 3.8) is 0 Å².